The molecule has 0 aromatic heterocycles. The van der Waals surface area contributed by atoms with Crippen molar-refractivity contribution in [3.8, 4) is 5.75 Å². The highest BCUT2D eigenvalue weighted by Crippen LogP contribution is 2.40. The Kier molecular flexibility index (Phi) is 3.11. The monoisotopic (exact) mass is 275 g/mol. The third-order valence-electron chi connectivity index (χ3n) is 4.51. The first-order valence-electron chi connectivity index (χ1n) is 7.52. The summed E-state index contributed by atoms with van der Waals surface area (Å²) in [6.45, 7) is 8.46. The van der Waals surface area contributed by atoms with Crippen LogP contribution in [0.4, 0.5) is 0 Å². The number of fused-ring (bicyclic) bond motifs is 1. The van der Waals surface area contributed by atoms with E-state index in [0.29, 0.717) is 0 Å². The molecule has 1 aliphatic carbocycles. The van der Waals surface area contributed by atoms with Gasteiger partial charge in [0.2, 0.25) is 0 Å². The summed E-state index contributed by atoms with van der Waals surface area (Å²) in [6.07, 6.45) is 3.11. The van der Waals surface area contributed by atoms with Gasteiger partial charge in [0, 0.05) is 12.5 Å². The molecule has 2 atom stereocenters. The van der Waals surface area contributed by atoms with Crippen molar-refractivity contribution in [2.24, 2.45) is 5.73 Å². The van der Waals surface area contributed by atoms with Gasteiger partial charge in [-0.3, -0.25) is 0 Å². The van der Waals surface area contributed by atoms with Crippen LogP contribution < -0.4 is 10.5 Å². The van der Waals surface area contributed by atoms with E-state index >= 15 is 0 Å². The molecule has 0 amide bonds. The van der Waals surface area contributed by atoms with Gasteiger partial charge >= 0.3 is 0 Å². The van der Waals surface area contributed by atoms with Crippen LogP contribution >= 0.6 is 0 Å². The summed E-state index contributed by atoms with van der Waals surface area (Å²) in [5, 5.41) is 0. The lowest BCUT2D eigenvalue weighted by Crippen LogP contribution is -2.36. The number of nitrogens with two attached hydrogens (primary N) is 1. The largest absolute Gasteiger partial charge is 0.487 e. The van der Waals surface area contributed by atoms with E-state index in [0.717, 1.165) is 25.0 Å². The Labute approximate surface area is 121 Å². The Bertz CT molecular complexity index is 522. The van der Waals surface area contributed by atoms with Gasteiger partial charge in [-0.2, -0.15) is 0 Å². The van der Waals surface area contributed by atoms with E-state index in [1.807, 2.05) is 6.07 Å². The molecular formula is C17H25NO2. The van der Waals surface area contributed by atoms with Crippen LogP contribution in [0.25, 0.3) is 0 Å². The smallest absolute Gasteiger partial charge is 0.130 e. The molecule has 3 rings (SSSR count). The predicted molar refractivity (Wildman–Crippen MR) is 80.0 cm³/mol. The Hall–Kier alpha value is -1.06. The van der Waals surface area contributed by atoms with Gasteiger partial charge in [0.05, 0.1) is 5.60 Å². The first-order valence-corrected chi connectivity index (χ1v) is 7.52. The Morgan fingerprint density at radius 1 is 1.25 bits per heavy atom. The number of rotatable bonds is 2. The second-order valence-electron chi connectivity index (χ2n) is 7.28. The third kappa shape index (κ3) is 2.45. The summed E-state index contributed by atoms with van der Waals surface area (Å²) in [5.41, 5.74) is 8.33. The van der Waals surface area contributed by atoms with Gasteiger partial charge in [-0.15, -0.1) is 0 Å². The molecule has 20 heavy (non-hydrogen) atoms. The molecule has 3 nitrogen and oxygen atoms in total. The molecule has 1 saturated heterocycles. The highest BCUT2D eigenvalue weighted by atomic mass is 16.6. The molecule has 1 unspecified atom stereocenters. The molecule has 0 radical (unpaired) electrons. The topological polar surface area (TPSA) is 44.5 Å². The Morgan fingerprint density at radius 3 is 2.65 bits per heavy atom. The minimum atomic E-state index is -0.251. The molecule has 0 spiro atoms. The average molecular weight is 275 g/mol. The third-order valence-corrected chi connectivity index (χ3v) is 4.51. The van der Waals surface area contributed by atoms with Crippen molar-refractivity contribution in [3.05, 3.63) is 29.3 Å². The Balaban J connectivity index is 1.79. The zero-order chi connectivity index (χ0) is 14.5. The van der Waals surface area contributed by atoms with E-state index in [1.54, 1.807) is 0 Å². The maximum Gasteiger partial charge on any atom is 0.130 e. The summed E-state index contributed by atoms with van der Waals surface area (Å²) in [5.74, 6) is 0.942. The van der Waals surface area contributed by atoms with Crippen LogP contribution in [-0.4, -0.2) is 17.3 Å². The number of hydrogen-bond donors (Lipinski definition) is 1. The van der Waals surface area contributed by atoms with Gasteiger partial charge in [0.15, 0.2) is 0 Å². The van der Waals surface area contributed by atoms with Crippen LogP contribution in [0.5, 0.6) is 5.75 Å². The van der Waals surface area contributed by atoms with Gasteiger partial charge in [-0.25, -0.2) is 0 Å². The number of benzene rings is 1. The van der Waals surface area contributed by atoms with E-state index in [1.165, 1.54) is 11.1 Å². The fourth-order valence-electron chi connectivity index (χ4n) is 3.56. The van der Waals surface area contributed by atoms with E-state index in [2.05, 4.69) is 39.8 Å². The van der Waals surface area contributed by atoms with Gasteiger partial charge in [0.1, 0.15) is 17.5 Å². The van der Waals surface area contributed by atoms with Gasteiger partial charge in [-0.1, -0.05) is 6.07 Å². The normalized spacial score (nSPS) is 30.2. The fourth-order valence-corrected chi connectivity index (χ4v) is 3.56. The summed E-state index contributed by atoms with van der Waals surface area (Å²) in [4.78, 5) is 0. The number of hydrogen-bond acceptors (Lipinski definition) is 3. The average Bonchev–Trinajstić information content (AvgIpc) is 2.77. The molecule has 1 aromatic rings. The summed E-state index contributed by atoms with van der Waals surface area (Å²) in [7, 11) is 0. The van der Waals surface area contributed by atoms with Crippen LogP contribution in [0.1, 0.15) is 57.7 Å². The van der Waals surface area contributed by atoms with Crippen LogP contribution in [0.2, 0.25) is 0 Å². The molecule has 2 N–H and O–H groups in total. The highest BCUT2D eigenvalue weighted by molar-refractivity contribution is 5.40. The van der Waals surface area contributed by atoms with Crippen molar-refractivity contribution in [1.82, 2.24) is 0 Å². The van der Waals surface area contributed by atoms with Crippen molar-refractivity contribution >= 4 is 0 Å². The van der Waals surface area contributed by atoms with Crippen LogP contribution in [0, 0.1) is 0 Å². The SMILES string of the molecule is CC1(C)CC(Oc2ccc3c(c2)CC[C@H]3N)C(C)(C)O1. The van der Waals surface area contributed by atoms with Crippen molar-refractivity contribution in [2.45, 2.75) is 70.3 Å². The summed E-state index contributed by atoms with van der Waals surface area (Å²) in [6, 6.07) is 6.52. The molecular weight excluding hydrogens is 250 g/mol. The van der Waals surface area contributed by atoms with Gasteiger partial charge < -0.3 is 15.2 Å². The summed E-state index contributed by atoms with van der Waals surface area (Å²) < 4.78 is 12.3. The van der Waals surface area contributed by atoms with Crippen LogP contribution in [0.3, 0.4) is 0 Å². The molecule has 0 bridgehead atoms. The van der Waals surface area contributed by atoms with E-state index < -0.39 is 0 Å². The zero-order valence-corrected chi connectivity index (χ0v) is 12.9. The molecule has 1 aromatic carbocycles. The van der Waals surface area contributed by atoms with E-state index in [-0.39, 0.29) is 23.3 Å². The predicted octanol–water partition coefficient (Wildman–Crippen LogP) is 3.36. The zero-order valence-electron chi connectivity index (χ0n) is 12.9. The maximum atomic E-state index is 6.22. The number of ether oxygens (including phenoxy) is 2. The molecule has 1 fully saturated rings. The first kappa shape index (κ1) is 13.9. The Morgan fingerprint density at radius 2 is 2.00 bits per heavy atom. The lowest BCUT2D eigenvalue weighted by Gasteiger charge is -2.27. The molecule has 0 saturated carbocycles. The maximum absolute atomic E-state index is 6.22. The fraction of sp³-hybridized carbons (Fsp3) is 0.647. The standard InChI is InChI=1S/C17H25NO2/c1-16(2)10-15(17(3,4)20-16)19-12-6-7-13-11(9-12)5-8-14(13)18/h6-7,9,14-15H,5,8,10,18H2,1-4H3/t14-,15?/m1/s1. The number of aryl methyl sites for hydroxylation is 1. The second-order valence-corrected chi connectivity index (χ2v) is 7.28. The minimum absolute atomic E-state index is 0.0885. The van der Waals surface area contributed by atoms with Crippen LogP contribution in [0.15, 0.2) is 18.2 Å². The second kappa shape index (κ2) is 4.47. The molecule has 1 aliphatic heterocycles. The van der Waals surface area contributed by atoms with Crippen molar-refractivity contribution < 1.29 is 9.47 Å². The minimum Gasteiger partial charge on any atom is -0.487 e. The van der Waals surface area contributed by atoms with Crippen molar-refractivity contribution in [2.75, 3.05) is 0 Å². The molecule has 2 aliphatic rings. The van der Waals surface area contributed by atoms with Crippen molar-refractivity contribution in [1.29, 1.82) is 0 Å². The highest BCUT2D eigenvalue weighted by Gasteiger charge is 2.47. The lowest BCUT2D eigenvalue weighted by molar-refractivity contribution is -0.0846. The first-order chi connectivity index (χ1) is 9.27. The molecule has 3 heteroatoms. The summed E-state index contributed by atoms with van der Waals surface area (Å²) >= 11 is 0. The quantitative estimate of drug-likeness (QED) is 0.900. The van der Waals surface area contributed by atoms with Crippen molar-refractivity contribution in [3.63, 3.8) is 0 Å². The van der Waals surface area contributed by atoms with Gasteiger partial charge in [0.25, 0.3) is 0 Å². The lowest BCUT2D eigenvalue weighted by atomic mass is 9.97. The van der Waals surface area contributed by atoms with E-state index in [9.17, 15) is 0 Å². The van der Waals surface area contributed by atoms with Gasteiger partial charge in [-0.05, 0) is 63.8 Å². The van der Waals surface area contributed by atoms with Crippen LogP contribution in [-0.2, 0) is 11.2 Å². The molecule has 1 heterocycles. The molecule has 110 valence electrons. The van der Waals surface area contributed by atoms with E-state index in [4.69, 9.17) is 15.2 Å².